The van der Waals surface area contributed by atoms with Crippen molar-refractivity contribution in [2.45, 2.75) is 0 Å². The second kappa shape index (κ2) is 6.65. The van der Waals surface area contributed by atoms with E-state index in [2.05, 4.69) is 0 Å². The molecule has 0 aliphatic heterocycles. The predicted molar refractivity (Wildman–Crippen MR) is 33.7 cm³/mol. The minimum absolute atomic E-state index is 0. The fourth-order valence-corrected chi connectivity index (χ4v) is 1.09. The Morgan fingerprint density at radius 3 is 0.625 bits per heavy atom. The molecule has 1 radical (unpaired) electrons. The number of rotatable bonds is 0. The summed E-state index contributed by atoms with van der Waals surface area (Å²) in [5.41, 5.74) is 0. The van der Waals surface area contributed by atoms with Gasteiger partial charge in [0, 0.05) is 0 Å². The van der Waals surface area contributed by atoms with Crippen LogP contribution < -0.4 is 59.1 Å². The molecule has 0 N–H and O–H groups in total. The van der Waals surface area contributed by atoms with Crippen LogP contribution in [0, 0.1) is 61.4 Å². The van der Waals surface area contributed by atoms with E-state index in [0.717, 1.165) is 29.8 Å². The van der Waals surface area contributed by atoms with E-state index >= 15 is 0 Å². The van der Waals surface area contributed by atoms with Crippen molar-refractivity contribution < 1.29 is 86.9 Å². The van der Waals surface area contributed by atoms with Gasteiger partial charge in [0.1, 0.15) is 0 Å². The monoisotopic (exact) mass is 321 g/mol. The van der Waals surface area contributed by atoms with Gasteiger partial charge in [-0.05, 0) is 0 Å². The van der Waals surface area contributed by atoms with Gasteiger partial charge in [-0.3, -0.25) is 0 Å². The molecule has 0 amide bonds. The molecule has 10 heteroatoms. The van der Waals surface area contributed by atoms with Gasteiger partial charge in [0.25, 0.3) is 0 Å². The zero-order valence-corrected chi connectivity index (χ0v) is 14.4. The fourth-order valence-electron chi connectivity index (χ4n) is 0.265. The Balaban J connectivity index is -0.000000240. The summed E-state index contributed by atoms with van der Waals surface area (Å²) in [5, 5.41) is 51.5. The molecule has 6 nitrogen and oxygen atoms in total. The van der Waals surface area contributed by atoms with Gasteiger partial charge in [0.2, 0.25) is 0 Å². The molecule has 75 valence electrons. The van der Waals surface area contributed by atoms with Crippen molar-refractivity contribution in [3.63, 3.8) is 0 Å². The molecule has 0 fully saturated rings. The summed E-state index contributed by atoms with van der Waals surface area (Å²) in [7, 11) is -6.17. The normalized spacial score (nSPS) is 10.9. The summed E-state index contributed by atoms with van der Waals surface area (Å²) >= 11 is 0. The smallest absolute Gasteiger partial charge is 1.00 e. The van der Waals surface area contributed by atoms with Gasteiger partial charge < -0.3 is 0 Å². The third-order valence-corrected chi connectivity index (χ3v) is 4.89. The molecule has 0 aliphatic carbocycles. The third-order valence-electron chi connectivity index (χ3n) is 1.19. The van der Waals surface area contributed by atoms with Crippen LogP contribution in [-0.4, -0.2) is 0 Å². The minimum atomic E-state index is -6.17. The molecular formula is C6CuFeN6Na2. The maximum absolute atomic E-state index is 8.58. The van der Waals surface area contributed by atoms with Crippen molar-refractivity contribution in [1.82, 2.24) is 0 Å². The molecule has 0 aromatic rings. The summed E-state index contributed by atoms with van der Waals surface area (Å²) in [6, 6.07) is 0. The number of hydrogen-bond donors (Lipinski definition) is 0. The first-order valence-corrected chi connectivity index (χ1v) is 5.71. The van der Waals surface area contributed by atoms with E-state index in [1.807, 2.05) is 0 Å². The molecule has 0 aromatic heterocycles. The Morgan fingerprint density at radius 2 is 0.625 bits per heavy atom. The molecule has 0 saturated heterocycles. The van der Waals surface area contributed by atoms with Crippen molar-refractivity contribution in [2.24, 2.45) is 0 Å². The van der Waals surface area contributed by atoms with Crippen LogP contribution in [0.4, 0.5) is 0 Å². The van der Waals surface area contributed by atoms with E-state index in [-0.39, 0.29) is 76.2 Å². The molecule has 0 spiro atoms. The summed E-state index contributed by atoms with van der Waals surface area (Å²) in [6.45, 7) is 0. The van der Waals surface area contributed by atoms with Crippen LogP contribution in [0.25, 0.3) is 0 Å². The van der Waals surface area contributed by atoms with Crippen LogP contribution >= 0.6 is 0 Å². The molecule has 0 atom stereocenters. The third kappa shape index (κ3) is 2.62. The molecule has 0 unspecified atom stereocenters. The molecule has 0 rings (SSSR count). The minimum Gasteiger partial charge on any atom is 1.00 e. The van der Waals surface area contributed by atoms with Crippen LogP contribution in [0.3, 0.4) is 0 Å². The first-order valence-electron chi connectivity index (χ1n) is 2.40. The molecule has 0 saturated carbocycles. The first kappa shape index (κ1) is 25.0. The maximum atomic E-state index is 8.58. The summed E-state index contributed by atoms with van der Waals surface area (Å²) in [5.74, 6) is 0. The van der Waals surface area contributed by atoms with Gasteiger partial charge in [-0.25, -0.2) is 0 Å². The average molecular weight is 321 g/mol. The summed E-state index contributed by atoms with van der Waals surface area (Å²) in [4.78, 5) is 6.19. The van der Waals surface area contributed by atoms with Gasteiger partial charge in [0.05, 0.1) is 0 Å². The van der Waals surface area contributed by atoms with Crippen molar-refractivity contribution >= 4 is 0 Å². The largest absolute Gasteiger partial charge is 2.00 e. The number of hydrogen-bond acceptors (Lipinski definition) is 6. The first-order chi connectivity index (χ1) is 5.97. The average Bonchev–Trinajstić information content (AvgIpc) is 2.26. The van der Waals surface area contributed by atoms with E-state index in [9.17, 15) is 0 Å². The summed E-state index contributed by atoms with van der Waals surface area (Å²) < 4.78 is 0. The van der Waals surface area contributed by atoms with Crippen LogP contribution in [-0.2, 0) is 27.8 Å². The van der Waals surface area contributed by atoms with Gasteiger partial charge in [-0.15, -0.1) is 0 Å². The van der Waals surface area contributed by atoms with Crippen LogP contribution in [0.5, 0.6) is 0 Å². The van der Waals surface area contributed by atoms with Crippen molar-refractivity contribution in [3.05, 3.63) is 0 Å². The Bertz CT molecular complexity index is 401. The van der Waals surface area contributed by atoms with Crippen LogP contribution in [0.2, 0.25) is 0 Å². The van der Waals surface area contributed by atoms with Crippen molar-refractivity contribution in [2.75, 3.05) is 0 Å². The number of nitriles is 6. The molecule has 0 heterocycles. The van der Waals surface area contributed by atoms with Gasteiger partial charge in [0.15, 0.2) is 0 Å². The van der Waals surface area contributed by atoms with Crippen LogP contribution in [0.15, 0.2) is 0 Å². The van der Waals surface area contributed by atoms with E-state index < -0.39 is 10.7 Å². The predicted octanol–water partition coefficient (Wildman–Crippen LogP) is -5.90. The van der Waals surface area contributed by atoms with Crippen LogP contribution in [0.1, 0.15) is 0 Å². The molecule has 0 aromatic carbocycles. The van der Waals surface area contributed by atoms with Gasteiger partial charge in [-0.1, -0.05) is 0 Å². The van der Waals surface area contributed by atoms with E-state index in [1.54, 1.807) is 0 Å². The Labute approximate surface area is 146 Å². The summed E-state index contributed by atoms with van der Waals surface area (Å²) in [6.07, 6.45) is 0. The zero-order chi connectivity index (χ0) is 10.7. The van der Waals surface area contributed by atoms with E-state index in [0.29, 0.717) is 0 Å². The van der Waals surface area contributed by atoms with Gasteiger partial charge >= 0.3 is 148 Å². The Kier molecular flexibility index (Phi) is 10.4. The number of nitrogens with zero attached hydrogens (tertiary/aromatic N) is 6. The second-order valence-corrected chi connectivity index (χ2v) is 7.42. The zero-order valence-electron chi connectivity index (χ0n) is 8.34. The maximum Gasteiger partial charge on any atom is 2.00 e. The van der Waals surface area contributed by atoms with Gasteiger partial charge in [-0.2, -0.15) is 0 Å². The molecular weight excluding hydrogens is 321 g/mol. The van der Waals surface area contributed by atoms with Crippen molar-refractivity contribution in [1.29, 1.82) is 31.6 Å². The van der Waals surface area contributed by atoms with E-state index in [4.69, 9.17) is 31.6 Å². The van der Waals surface area contributed by atoms with E-state index in [1.165, 1.54) is 0 Å². The fraction of sp³-hybridized carbons (Fsp3) is 0. The molecule has 0 aliphatic rings. The SMILES string of the molecule is N#[C][Fe-4]([C]#N)([C]#N)([C]#N)([C]#N)[C]#N.[Cu+2].[Na+].[Na+]. The second-order valence-electron chi connectivity index (χ2n) is 1.80. The quantitative estimate of drug-likeness (QED) is 0.406. The Morgan fingerprint density at radius 1 is 0.500 bits per heavy atom. The standard InChI is InChI=1S/6CN.Cu.Fe.2Na/c6*1-2;;;;/q;;;;;;+2;-4;2*+1. The Hall–Kier alpha value is -0.0210. The van der Waals surface area contributed by atoms with Crippen molar-refractivity contribution in [3.8, 4) is 29.8 Å². The molecule has 0 bridgehead atoms. The molecule has 16 heavy (non-hydrogen) atoms. The topological polar surface area (TPSA) is 143 Å².